The smallest absolute Gasteiger partial charge is 0.337 e. The van der Waals surface area contributed by atoms with Crippen molar-refractivity contribution in [3.8, 4) is 0 Å². The van der Waals surface area contributed by atoms with Gasteiger partial charge in [-0.25, -0.2) is 4.79 Å². The molecule has 0 bridgehead atoms. The highest BCUT2D eigenvalue weighted by Crippen LogP contribution is 2.16. The van der Waals surface area contributed by atoms with E-state index in [1.807, 2.05) is 0 Å². The molecule has 0 radical (unpaired) electrons. The van der Waals surface area contributed by atoms with Crippen molar-refractivity contribution in [3.63, 3.8) is 0 Å². The lowest BCUT2D eigenvalue weighted by molar-refractivity contribution is 0.0698. The van der Waals surface area contributed by atoms with E-state index in [2.05, 4.69) is 14.9 Å². The zero-order valence-electron chi connectivity index (χ0n) is 8.45. The van der Waals surface area contributed by atoms with Crippen molar-refractivity contribution in [1.29, 1.82) is 0 Å². The maximum absolute atomic E-state index is 11.7. The van der Waals surface area contributed by atoms with E-state index in [1.165, 1.54) is 18.3 Å². The predicted octanol–water partition coefficient (Wildman–Crippen LogP) is 1.49. The number of carbonyl (C=O) groups is 2. The van der Waals surface area contributed by atoms with Crippen LogP contribution in [0.2, 0.25) is 0 Å². The highest BCUT2D eigenvalue weighted by molar-refractivity contribution is 7.07. The Hall–Kier alpha value is -2.28. The molecule has 0 fully saturated rings. The summed E-state index contributed by atoms with van der Waals surface area (Å²) in [7, 11) is 0. The SMILES string of the molecule is O=C(Nc1ccccc1C(=O)O)c1cnns1. The van der Waals surface area contributed by atoms with E-state index in [0.29, 0.717) is 4.88 Å². The number of hydrogen-bond donors (Lipinski definition) is 2. The Balaban J connectivity index is 2.25. The normalized spacial score (nSPS) is 9.88. The van der Waals surface area contributed by atoms with Crippen LogP contribution in [-0.4, -0.2) is 26.6 Å². The first-order valence-electron chi connectivity index (χ1n) is 4.59. The minimum atomic E-state index is -1.09. The third-order valence-electron chi connectivity index (χ3n) is 1.99. The second-order valence-corrected chi connectivity index (χ2v) is 3.87. The molecule has 1 heterocycles. The van der Waals surface area contributed by atoms with Gasteiger partial charge in [0.15, 0.2) is 0 Å². The first-order valence-corrected chi connectivity index (χ1v) is 5.37. The molecule has 1 aromatic heterocycles. The Labute approximate surface area is 100 Å². The molecule has 0 saturated carbocycles. The second-order valence-electron chi connectivity index (χ2n) is 3.09. The molecule has 0 atom stereocenters. The Morgan fingerprint density at radius 2 is 2.06 bits per heavy atom. The van der Waals surface area contributed by atoms with Crippen LogP contribution >= 0.6 is 11.5 Å². The molecule has 0 saturated heterocycles. The van der Waals surface area contributed by atoms with Crippen LogP contribution in [0.4, 0.5) is 5.69 Å². The van der Waals surface area contributed by atoms with Crippen molar-refractivity contribution in [2.75, 3.05) is 5.32 Å². The predicted molar refractivity (Wildman–Crippen MR) is 61.3 cm³/mol. The zero-order valence-corrected chi connectivity index (χ0v) is 9.27. The van der Waals surface area contributed by atoms with Gasteiger partial charge in [-0.1, -0.05) is 16.6 Å². The number of para-hydroxylation sites is 1. The lowest BCUT2D eigenvalue weighted by atomic mass is 10.2. The van der Waals surface area contributed by atoms with Gasteiger partial charge in [0.1, 0.15) is 4.88 Å². The molecule has 0 aliphatic heterocycles. The fraction of sp³-hybridized carbons (Fsp3) is 0. The van der Waals surface area contributed by atoms with Gasteiger partial charge in [-0.05, 0) is 23.7 Å². The molecule has 2 aromatic rings. The van der Waals surface area contributed by atoms with E-state index >= 15 is 0 Å². The topological polar surface area (TPSA) is 92.2 Å². The van der Waals surface area contributed by atoms with E-state index in [-0.39, 0.29) is 11.3 Å². The minimum Gasteiger partial charge on any atom is -0.478 e. The van der Waals surface area contributed by atoms with Crippen molar-refractivity contribution < 1.29 is 14.7 Å². The number of rotatable bonds is 3. The van der Waals surface area contributed by atoms with E-state index < -0.39 is 11.9 Å². The largest absolute Gasteiger partial charge is 0.478 e. The van der Waals surface area contributed by atoms with Crippen molar-refractivity contribution in [3.05, 3.63) is 40.9 Å². The van der Waals surface area contributed by atoms with Crippen molar-refractivity contribution in [2.45, 2.75) is 0 Å². The minimum absolute atomic E-state index is 0.0401. The standard InChI is InChI=1S/C10H7N3O3S/c14-9(8-5-11-13-17-8)12-7-4-2-1-3-6(7)10(15)16/h1-5H,(H,12,14)(H,15,16). The third-order valence-corrected chi connectivity index (χ3v) is 2.65. The second kappa shape index (κ2) is 4.71. The first-order chi connectivity index (χ1) is 8.18. The van der Waals surface area contributed by atoms with E-state index in [4.69, 9.17) is 5.11 Å². The van der Waals surface area contributed by atoms with Gasteiger partial charge in [0.2, 0.25) is 0 Å². The monoisotopic (exact) mass is 249 g/mol. The Bertz CT molecular complexity index is 554. The summed E-state index contributed by atoms with van der Waals surface area (Å²) in [5.74, 6) is -1.52. The maximum Gasteiger partial charge on any atom is 0.337 e. The van der Waals surface area contributed by atoms with Crippen LogP contribution in [0, 0.1) is 0 Å². The summed E-state index contributed by atoms with van der Waals surface area (Å²) in [6, 6.07) is 6.18. The highest BCUT2D eigenvalue weighted by Gasteiger charge is 2.13. The van der Waals surface area contributed by atoms with Gasteiger partial charge in [0.05, 0.1) is 17.4 Å². The summed E-state index contributed by atoms with van der Waals surface area (Å²) < 4.78 is 3.56. The van der Waals surface area contributed by atoms with Gasteiger partial charge in [-0.2, -0.15) is 0 Å². The molecule has 7 heteroatoms. The fourth-order valence-electron chi connectivity index (χ4n) is 1.23. The number of carbonyl (C=O) groups excluding carboxylic acids is 1. The van der Waals surface area contributed by atoms with Crippen LogP contribution in [0.15, 0.2) is 30.5 Å². The van der Waals surface area contributed by atoms with E-state index in [9.17, 15) is 9.59 Å². The molecule has 0 aliphatic carbocycles. The summed E-state index contributed by atoms with van der Waals surface area (Å²) in [5, 5.41) is 15.0. The van der Waals surface area contributed by atoms with E-state index in [1.54, 1.807) is 12.1 Å². The quantitative estimate of drug-likeness (QED) is 0.859. The molecule has 0 aliphatic rings. The number of anilines is 1. The molecule has 17 heavy (non-hydrogen) atoms. The highest BCUT2D eigenvalue weighted by atomic mass is 32.1. The summed E-state index contributed by atoms with van der Waals surface area (Å²) in [5.41, 5.74) is 0.289. The molecule has 6 nitrogen and oxygen atoms in total. The molecular weight excluding hydrogens is 242 g/mol. The Morgan fingerprint density at radius 3 is 2.71 bits per heavy atom. The maximum atomic E-state index is 11.7. The summed E-state index contributed by atoms with van der Waals surface area (Å²) >= 11 is 0.944. The number of nitrogens with one attached hydrogen (secondary N) is 1. The third kappa shape index (κ3) is 2.45. The van der Waals surface area contributed by atoms with E-state index in [0.717, 1.165) is 11.5 Å². The van der Waals surface area contributed by atoms with Crippen molar-refractivity contribution in [1.82, 2.24) is 9.59 Å². The number of aromatic nitrogens is 2. The zero-order chi connectivity index (χ0) is 12.3. The number of carboxylic acid groups (broad SMARTS) is 1. The first kappa shape index (κ1) is 11.2. The number of aromatic carboxylic acids is 1. The van der Waals surface area contributed by atoms with Crippen LogP contribution in [0.1, 0.15) is 20.0 Å². The van der Waals surface area contributed by atoms with Crippen molar-refractivity contribution in [2.24, 2.45) is 0 Å². The molecule has 0 spiro atoms. The number of carboxylic acids is 1. The van der Waals surface area contributed by atoms with Gasteiger partial charge in [0, 0.05) is 0 Å². The molecule has 86 valence electrons. The average molecular weight is 249 g/mol. The molecule has 1 amide bonds. The van der Waals surface area contributed by atoms with Crippen LogP contribution in [0.5, 0.6) is 0 Å². The van der Waals surface area contributed by atoms with Gasteiger partial charge < -0.3 is 10.4 Å². The van der Waals surface area contributed by atoms with Crippen LogP contribution in [0.25, 0.3) is 0 Å². The molecule has 2 N–H and O–H groups in total. The molecular formula is C10H7N3O3S. The Kier molecular flexibility index (Phi) is 3.10. The molecule has 2 rings (SSSR count). The van der Waals surface area contributed by atoms with Crippen LogP contribution in [0.3, 0.4) is 0 Å². The summed E-state index contributed by atoms with van der Waals surface area (Å²) in [6.45, 7) is 0. The van der Waals surface area contributed by atoms with Crippen molar-refractivity contribution >= 4 is 29.1 Å². The van der Waals surface area contributed by atoms with Gasteiger partial charge in [-0.15, -0.1) is 5.10 Å². The summed E-state index contributed by atoms with van der Waals surface area (Å²) in [4.78, 5) is 22.9. The lowest BCUT2D eigenvalue weighted by Gasteiger charge is -2.06. The average Bonchev–Trinajstić information content (AvgIpc) is 2.83. The number of amides is 1. The number of nitrogens with zero attached hydrogens (tertiary/aromatic N) is 2. The van der Waals surface area contributed by atoms with Crippen LogP contribution < -0.4 is 5.32 Å². The molecule has 0 unspecified atom stereocenters. The van der Waals surface area contributed by atoms with Gasteiger partial charge in [-0.3, -0.25) is 4.79 Å². The molecule has 1 aromatic carbocycles. The lowest BCUT2D eigenvalue weighted by Crippen LogP contribution is -2.13. The number of benzene rings is 1. The van der Waals surface area contributed by atoms with Crippen LogP contribution in [-0.2, 0) is 0 Å². The van der Waals surface area contributed by atoms with Gasteiger partial charge in [0.25, 0.3) is 5.91 Å². The van der Waals surface area contributed by atoms with Gasteiger partial charge >= 0.3 is 5.97 Å². The fourth-order valence-corrected chi connectivity index (χ4v) is 1.64. The number of hydrogen-bond acceptors (Lipinski definition) is 5. The summed E-state index contributed by atoms with van der Waals surface area (Å²) in [6.07, 6.45) is 1.32. The Morgan fingerprint density at radius 1 is 1.29 bits per heavy atom.